The number of aromatic nitrogens is 2. The number of hydrogen-bond acceptors (Lipinski definition) is 3. The third-order valence-electron chi connectivity index (χ3n) is 3.84. The Balaban J connectivity index is 2.18. The van der Waals surface area contributed by atoms with Gasteiger partial charge in [-0.1, -0.05) is 6.92 Å². The average molecular weight is 265 g/mol. The molecule has 6 nitrogen and oxygen atoms in total. The van der Waals surface area contributed by atoms with Crippen LogP contribution in [0.1, 0.15) is 25.8 Å². The molecule has 3 unspecified atom stereocenters. The van der Waals surface area contributed by atoms with Gasteiger partial charge < -0.3 is 10.0 Å². The van der Waals surface area contributed by atoms with Gasteiger partial charge in [-0.2, -0.15) is 5.10 Å². The highest BCUT2D eigenvalue weighted by atomic mass is 16.4. The molecule has 0 saturated carbocycles. The molecule has 2 heterocycles. The molecule has 0 bridgehead atoms. The van der Waals surface area contributed by atoms with E-state index in [-0.39, 0.29) is 17.9 Å². The number of rotatable bonds is 3. The van der Waals surface area contributed by atoms with Gasteiger partial charge in [0.1, 0.15) is 0 Å². The van der Waals surface area contributed by atoms with E-state index in [2.05, 4.69) is 5.10 Å². The van der Waals surface area contributed by atoms with Gasteiger partial charge in [-0.15, -0.1) is 0 Å². The highest BCUT2D eigenvalue weighted by Crippen LogP contribution is 2.31. The quantitative estimate of drug-likeness (QED) is 0.880. The number of aliphatic carboxylic acids is 1. The first-order valence-electron chi connectivity index (χ1n) is 6.40. The summed E-state index contributed by atoms with van der Waals surface area (Å²) in [7, 11) is 1.81. The van der Waals surface area contributed by atoms with Crippen molar-refractivity contribution in [1.29, 1.82) is 0 Å². The molecule has 1 aromatic heterocycles. The van der Waals surface area contributed by atoms with Crippen LogP contribution in [0.4, 0.5) is 0 Å². The molecule has 1 fully saturated rings. The van der Waals surface area contributed by atoms with Gasteiger partial charge in [0.2, 0.25) is 5.91 Å². The number of aryl methyl sites for hydroxylation is 1. The molecule has 1 N–H and O–H groups in total. The molecule has 104 valence electrons. The first-order chi connectivity index (χ1) is 8.90. The predicted octanol–water partition coefficient (Wildman–Crippen LogP) is 0.878. The van der Waals surface area contributed by atoms with Crippen molar-refractivity contribution in [3.05, 3.63) is 18.0 Å². The van der Waals surface area contributed by atoms with Crippen LogP contribution in [-0.4, -0.2) is 37.7 Å². The summed E-state index contributed by atoms with van der Waals surface area (Å²) in [6, 6.07) is -0.297. The van der Waals surface area contributed by atoms with E-state index in [4.69, 9.17) is 0 Å². The summed E-state index contributed by atoms with van der Waals surface area (Å²) >= 11 is 0. The maximum absolute atomic E-state index is 12.1. The van der Waals surface area contributed by atoms with Crippen LogP contribution in [0.3, 0.4) is 0 Å². The minimum absolute atomic E-state index is 0.0151. The van der Waals surface area contributed by atoms with E-state index in [1.165, 1.54) is 0 Å². The second-order valence-corrected chi connectivity index (χ2v) is 5.33. The lowest BCUT2D eigenvalue weighted by Gasteiger charge is -2.40. The van der Waals surface area contributed by atoms with Crippen molar-refractivity contribution in [2.45, 2.75) is 32.9 Å². The highest BCUT2D eigenvalue weighted by molar-refractivity contribution is 5.81. The fraction of sp³-hybridized carbons (Fsp3) is 0.615. The Morgan fingerprint density at radius 2 is 2.21 bits per heavy atom. The van der Waals surface area contributed by atoms with Gasteiger partial charge in [-0.05, 0) is 12.8 Å². The molecule has 0 aliphatic carbocycles. The zero-order valence-electron chi connectivity index (χ0n) is 11.4. The number of carboxylic acid groups (broad SMARTS) is 1. The lowest BCUT2D eigenvalue weighted by atomic mass is 9.81. The van der Waals surface area contributed by atoms with E-state index >= 15 is 0 Å². The van der Waals surface area contributed by atoms with Crippen molar-refractivity contribution in [1.82, 2.24) is 14.7 Å². The van der Waals surface area contributed by atoms with Gasteiger partial charge in [0, 0.05) is 37.8 Å². The number of carboxylic acids is 1. The molecule has 0 aromatic carbocycles. The van der Waals surface area contributed by atoms with Gasteiger partial charge in [-0.25, -0.2) is 0 Å². The number of carbonyl (C=O) groups excluding carboxylic acids is 1. The summed E-state index contributed by atoms with van der Waals surface area (Å²) in [5.74, 6) is -1.44. The molecule has 1 aliphatic heterocycles. The maximum atomic E-state index is 12.1. The Kier molecular flexibility index (Phi) is 3.59. The fourth-order valence-electron chi connectivity index (χ4n) is 2.85. The summed E-state index contributed by atoms with van der Waals surface area (Å²) in [5, 5.41) is 13.4. The van der Waals surface area contributed by atoms with Gasteiger partial charge in [0.25, 0.3) is 0 Å². The maximum Gasteiger partial charge on any atom is 0.308 e. The van der Waals surface area contributed by atoms with Gasteiger partial charge in [0.05, 0.1) is 12.1 Å². The van der Waals surface area contributed by atoms with E-state index in [9.17, 15) is 14.7 Å². The number of hydrogen-bond donors (Lipinski definition) is 1. The Morgan fingerprint density at radius 1 is 1.53 bits per heavy atom. The average Bonchev–Trinajstić information content (AvgIpc) is 2.69. The van der Waals surface area contributed by atoms with Crippen molar-refractivity contribution in [3.8, 4) is 0 Å². The second-order valence-electron chi connectivity index (χ2n) is 5.33. The predicted molar refractivity (Wildman–Crippen MR) is 68.1 cm³/mol. The lowest BCUT2D eigenvalue weighted by Crippen LogP contribution is -2.52. The zero-order chi connectivity index (χ0) is 14.2. The SMILES string of the molecule is CC1CC(=O)N(Cc2cnn(C)c2)C(C)C1C(=O)O. The molecular formula is C13H19N3O3. The van der Waals surface area contributed by atoms with Crippen molar-refractivity contribution >= 4 is 11.9 Å². The Morgan fingerprint density at radius 3 is 2.74 bits per heavy atom. The zero-order valence-corrected chi connectivity index (χ0v) is 11.4. The van der Waals surface area contributed by atoms with Crippen LogP contribution >= 0.6 is 0 Å². The van der Waals surface area contributed by atoms with E-state index < -0.39 is 11.9 Å². The van der Waals surface area contributed by atoms with E-state index in [0.29, 0.717) is 13.0 Å². The van der Waals surface area contributed by atoms with Crippen LogP contribution in [0.15, 0.2) is 12.4 Å². The Hall–Kier alpha value is -1.85. The molecule has 1 saturated heterocycles. The van der Waals surface area contributed by atoms with Crippen molar-refractivity contribution < 1.29 is 14.7 Å². The second kappa shape index (κ2) is 5.03. The van der Waals surface area contributed by atoms with Gasteiger partial charge in [-0.3, -0.25) is 14.3 Å². The number of nitrogens with zero attached hydrogens (tertiary/aromatic N) is 3. The lowest BCUT2D eigenvalue weighted by molar-refractivity contribution is -0.155. The van der Waals surface area contributed by atoms with Crippen LogP contribution in [0, 0.1) is 11.8 Å². The minimum Gasteiger partial charge on any atom is -0.481 e. The normalized spacial score (nSPS) is 27.6. The summed E-state index contributed by atoms with van der Waals surface area (Å²) in [4.78, 5) is 25.1. The van der Waals surface area contributed by atoms with E-state index in [1.807, 2.05) is 27.1 Å². The van der Waals surface area contributed by atoms with E-state index in [1.54, 1.807) is 15.8 Å². The summed E-state index contributed by atoms with van der Waals surface area (Å²) < 4.78 is 1.67. The van der Waals surface area contributed by atoms with Gasteiger partial charge >= 0.3 is 5.97 Å². The molecule has 1 amide bonds. The van der Waals surface area contributed by atoms with Crippen LogP contribution in [0.25, 0.3) is 0 Å². The largest absolute Gasteiger partial charge is 0.481 e. The summed E-state index contributed by atoms with van der Waals surface area (Å²) in [6.07, 6.45) is 3.84. The smallest absolute Gasteiger partial charge is 0.308 e. The topological polar surface area (TPSA) is 75.4 Å². The van der Waals surface area contributed by atoms with Crippen LogP contribution in [-0.2, 0) is 23.2 Å². The van der Waals surface area contributed by atoms with Crippen LogP contribution < -0.4 is 0 Å². The molecule has 0 spiro atoms. The van der Waals surface area contributed by atoms with Crippen molar-refractivity contribution in [2.24, 2.45) is 18.9 Å². The van der Waals surface area contributed by atoms with Gasteiger partial charge in [0.15, 0.2) is 0 Å². The molecule has 2 rings (SSSR count). The standard InChI is InChI=1S/C13H19N3O3/c1-8-4-11(17)16(9(2)12(8)13(18)19)7-10-5-14-15(3)6-10/h5-6,8-9,12H,4,7H2,1-3H3,(H,18,19). The summed E-state index contributed by atoms with van der Waals surface area (Å²) in [5.41, 5.74) is 0.918. The monoisotopic (exact) mass is 265 g/mol. The minimum atomic E-state index is -0.830. The first-order valence-corrected chi connectivity index (χ1v) is 6.40. The number of amides is 1. The molecule has 0 radical (unpaired) electrons. The van der Waals surface area contributed by atoms with Crippen molar-refractivity contribution in [3.63, 3.8) is 0 Å². The number of likely N-dealkylation sites (tertiary alicyclic amines) is 1. The Bertz CT molecular complexity index is 497. The van der Waals surface area contributed by atoms with Crippen molar-refractivity contribution in [2.75, 3.05) is 0 Å². The molecule has 19 heavy (non-hydrogen) atoms. The summed E-state index contributed by atoms with van der Waals surface area (Å²) in [6.45, 7) is 4.06. The third kappa shape index (κ3) is 2.62. The highest BCUT2D eigenvalue weighted by Gasteiger charge is 2.41. The third-order valence-corrected chi connectivity index (χ3v) is 3.84. The fourth-order valence-corrected chi connectivity index (χ4v) is 2.85. The molecule has 1 aromatic rings. The molecular weight excluding hydrogens is 246 g/mol. The first kappa shape index (κ1) is 13.6. The van der Waals surface area contributed by atoms with Crippen LogP contribution in [0.5, 0.6) is 0 Å². The molecule has 1 aliphatic rings. The molecule has 6 heteroatoms. The van der Waals surface area contributed by atoms with E-state index in [0.717, 1.165) is 5.56 Å². The van der Waals surface area contributed by atoms with Crippen LogP contribution in [0.2, 0.25) is 0 Å². The number of piperidine rings is 1. The number of carbonyl (C=O) groups is 2. The molecule has 3 atom stereocenters. The Labute approximate surface area is 112 Å².